The molecule has 1 fully saturated rings. The van der Waals surface area contributed by atoms with Gasteiger partial charge in [0.05, 0.1) is 11.7 Å². The predicted octanol–water partition coefficient (Wildman–Crippen LogP) is 4.15. The van der Waals surface area contributed by atoms with E-state index in [1.54, 1.807) is 30.0 Å². The number of rotatable bonds is 5. The number of carbonyl (C=O) groups is 3. The molecule has 35 heavy (non-hydrogen) atoms. The fraction of sp³-hybridized carbons (Fsp3) is 0.222. The number of halogens is 1. The van der Waals surface area contributed by atoms with Crippen molar-refractivity contribution in [2.45, 2.75) is 24.9 Å². The van der Waals surface area contributed by atoms with Crippen molar-refractivity contribution in [2.24, 2.45) is 0 Å². The lowest BCUT2D eigenvalue weighted by atomic mass is 9.87. The Hall–Kier alpha value is -4.20. The number of hydrogen-bond donors (Lipinski definition) is 1. The van der Waals surface area contributed by atoms with Gasteiger partial charge in [0, 0.05) is 0 Å². The van der Waals surface area contributed by atoms with Crippen molar-refractivity contribution in [1.82, 2.24) is 10.2 Å². The van der Waals surface area contributed by atoms with E-state index in [2.05, 4.69) is 5.32 Å². The maximum absolute atomic E-state index is 13.7. The summed E-state index contributed by atoms with van der Waals surface area (Å²) in [5.74, 6) is -0.840. The summed E-state index contributed by atoms with van der Waals surface area (Å²) in [6, 6.07) is 21.0. The summed E-state index contributed by atoms with van der Waals surface area (Å²) in [6.45, 7) is 1.56. The molecule has 3 aromatic rings. The van der Waals surface area contributed by atoms with E-state index in [0.29, 0.717) is 17.0 Å². The largest absolute Gasteiger partial charge is 0.489 e. The van der Waals surface area contributed by atoms with Gasteiger partial charge in [-0.25, -0.2) is 9.18 Å². The van der Waals surface area contributed by atoms with Gasteiger partial charge in [-0.3, -0.25) is 19.4 Å². The highest BCUT2D eigenvalue weighted by molar-refractivity contribution is 6.11. The number of hydrogen-bond acceptors (Lipinski definition) is 4. The van der Waals surface area contributed by atoms with E-state index in [4.69, 9.17) is 4.74 Å². The lowest BCUT2D eigenvalue weighted by molar-refractivity contribution is -0.135. The second-order valence-electron chi connectivity index (χ2n) is 8.56. The number of imide groups is 1. The van der Waals surface area contributed by atoms with Crippen LogP contribution in [0.3, 0.4) is 0 Å². The van der Waals surface area contributed by atoms with Crippen LogP contribution in [0.15, 0.2) is 78.9 Å². The minimum atomic E-state index is -1.35. The molecule has 0 aromatic heterocycles. The van der Waals surface area contributed by atoms with Crippen LogP contribution in [0.2, 0.25) is 0 Å². The molecule has 178 valence electrons. The molecule has 7 nitrogen and oxygen atoms in total. The molecule has 1 N–H and O–H groups in total. The van der Waals surface area contributed by atoms with Crippen molar-refractivity contribution >= 4 is 23.5 Å². The third-order valence-corrected chi connectivity index (χ3v) is 6.62. The Morgan fingerprint density at radius 1 is 1.03 bits per heavy atom. The standard InChI is InChI=1S/C27H24FN3O4/c1-2-27(19-12-14-20(28)15-13-19)25(33)30(26(34)29-27)16-24(32)31-21-10-6-7-11-23(21)35-17-22(31)18-8-4-3-5-9-18/h3-15,22H,2,16-17H2,1H3,(H,29,34). The summed E-state index contributed by atoms with van der Waals surface area (Å²) >= 11 is 0. The first-order valence-corrected chi connectivity index (χ1v) is 11.4. The van der Waals surface area contributed by atoms with Gasteiger partial charge in [-0.05, 0) is 41.8 Å². The lowest BCUT2D eigenvalue weighted by Crippen LogP contribution is -2.48. The van der Waals surface area contributed by atoms with Gasteiger partial charge in [-0.15, -0.1) is 0 Å². The van der Waals surface area contributed by atoms with Gasteiger partial charge in [-0.2, -0.15) is 0 Å². The van der Waals surface area contributed by atoms with Gasteiger partial charge in [0.25, 0.3) is 5.91 Å². The van der Waals surface area contributed by atoms with E-state index >= 15 is 0 Å². The first-order valence-electron chi connectivity index (χ1n) is 11.4. The second kappa shape index (κ2) is 8.87. The number of ether oxygens (including phenoxy) is 1. The zero-order valence-electron chi connectivity index (χ0n) is 19.1. The highest BCUT2D eigenvalue weighted by atomic mass is 19.1. The Balaban J connectivity index is 1.47. The SMILES string of the molecule is CCC1(c2ccc(F)cc2)NC(=O)N(CC(=O)N2c3ccccc3OCC2c2ccccc2)C1=O. The fourth-order valence-corrected chi connectivity index (χ4v) is 4.77. The van der Waals surface area contributed by atoms with Gasteiger partial charge in [0.2, 0.25) is 5.91 Å². The number of amides is 4. The van der Waals surface area contributed by atoms with E-state index < -0.39 is 41.8 Å². The van der Waals surface area contributed by atoms with Crippen molar-refractivity contribution < 1.29 is 23.5 Å². The lowest BCUT2D eigenvalue weighted by Gasteiger charge is -2.37. The molecule has 3 aromatic carbocycles. The highest BCUT2D eigenvalue weighted by Gasteiger charge is 2.52. The molecule has 2 aliphatic rings. The minimum Gasteiger partial charge on any atom is -0.489 e. The van der Waals surface area contributed by atoms with Crippen molar-refractivity contribution in [3.8, 4) is 5.75 Å². The first-order chi connectivity index (χ1) is 16.9. The van der Waals surface area contributed by atoms with Gasteiger partial charge in [0.1, 0.15) is 30.3 Å². The van der Waals surface area contributed by atoms with Crippen LogP contribution in [0.5, 0.6) is 5.75 Å². The van der Waals surface area contributed by atoms with Crippen molar-refractivity contribution in [2.75, 3.05) is 18.1 Å². The van der Waals surface area contributed by atoms with E-state index in [1.807, 2.05) is 36.4 Å². The smallest absolute Gasteiger partial charge is 0.325 e. The third kappa shape index (κ3) is 3.80. The van der Waals surface area contributed by atoms with Crippen LogP contribution < -0.4 is 15.0 Å². The number of para-hydroxylation sites is 2. The first kappa shape index (κ1) is 22.6. The Kier molecular flexibility index (Phi) is 5.72. The maximum Gasteiger partial charge on any atom is 0.325 e. The molecule has 2 atom stereocenters. The van der Waals surface area contributed by atoms with Crippen LogP contribution in [-0.4, -0.2) is 35.9 Å². The molecule has 0 radical (unpaired) electrons. The molecule has 0 aliphatic carbocycles. The molecular formula is C27H24FN3O4. The number of benzene rings is 3. The van der Waals surface area contributed by atoms with Gasteiger partial charge in [0.15, 0.2) is 0 Å². The molecule has 1 saturated heterocycles. The molecule has 8 heteroatoms. The number of carbonyl (C=O) groups excluding carboxylic acids is 3. The number of nitrogens with one attached hydrogen (secondary N) is 1. The van der Waals surface area contributed by atoms with Gasteiger partial charge in [-0.1, -0.05) is 61.5 Å². The fourth-order valence-electron chi connectivity index (χ4n) is 4.77. The third-order valence-electron chi connectivity index (χ3n) is 6.62. The Labute approximate surface area is 202 Å². The zero-order valence-corrected chi connectivity index (χ0v) is 19.1. The Morgan fingerprint density at radius 3 is 2.43 bits per heavy atom. The molecule has 0 saturated carbocycles. The Bertz CT molecular complexity index is 1280. The minimum absolute atomic E-state index is 0.237. The normalized spacial score (nSPS) is 21.4. The molecular weight excluding hydrogens is 449 g/mol. The summed E-state index contributed by atoms with van der Waals surface area (Å²) in [4.78, 5) is 42.7. The topological polar surface area (TPSA) is 79.0 Å². The quantitative estimate of drug-likeness (QED) is 0.565. The van der Waals surface area contributed by atoms with Crippen LogP contribution in [0.25, 0.3) is 0 Å². The molecule has 2 aliphatic heterocycles. The van der Waals surface area contributed by atoms with Crippen molar-refractivity contribution in [3.05, 3.63) is 95.8 Å². The van der Waals surface area contributed by atoms with Gasteiger partial charge < -0.3 is 10.1 Å². The van der Waals surface area contributed by atoms with Crippen molar-refractivity contribution in [1.29, 1.82) is 0 Å². The number of nitrogens with zero attached hydrogens (tertiary/aromatic N) is 2. The molecule has 5 rings (SSSR count). The summed E-state index contributed by atoms with van der Waals surface area (Å²) in [5, 5.41) is 2.74. The summed E-state index contributed by atoms with van der Waals surface area (Å²) in [6.07, 6.45) is 0.251. The van der Waals surface area contributed by atoms with Crippen molar-refractivity contribution in [3.63, 3.8) is 0 Å². The summed E-state index contributed by atoms with van der Waals surface area (Å²) < 4.78 is 19.4. The van der Waals surface area contributed by atoms with E-state index in [1.165, 1.54) is 24.3 Å². The van der Waals surface area contributed by atoms with Crippen LogP contribution >= 0.6 is 0 Å². The van der Waals surface area contributed by atoms with Crippen LogP contribution in [0, 0.1) is 5.82 Å². The van der Waals surface area contributed by atoms with E-state index in [-0.39, 0.29) is 13.0 Å². The summed E-state index contributed by atoms with van der Waals surface area (Å²) in [7, 11) is 0. The second-order valence-corrected chi connectivity index (χ2v) is 8.56. The van der Waals surface area contributed by atoms with E-state index in [0.717, 1.165) is 10.5 Å². The maximum atomic E-state index is 13.7. The summed E-state index contributed by atoms with van der Waals surface area (Å²) in [5.41, 5.74) is 0.563. The average molecular weight is 474 g/mol. The Morgan fingerprint density at radius 2 is 1.71 bits per heavy atom. The average Bonchev–Trinajstić information content (AvgIpc) is 3.14. The molecule has 0 bridgehead atoms. The molecule has 0 spiro atoms. The molecule has 2 heterocycles. The van der Waals surface area contributed by atoms with Gasteiger partial charge >= 0.3 is 6.03 Å². The number of anilines is 1. The van der Waals surface area contributed by atoms with Crippen LogP contribution in [-0.2, 0) is 15.1 Å². The predicted molar refractivity (Wildman–Crippen MR) is 127 cm³/mol. The zero-order chi connectivity index (χ0) is 24.6. The molecule has 4 amide bonds. The van der Waals surface area contributed by atoms with E-state index in [9.17, 15) is 18.8 Å². The number of fused-ring (bicyclic) bond motifs is 1. The monoisotopic (exact) mass is 473 g/mol. The molecule has 2 unspecified atom stereocenters. The van der Waals surface area contributed by atoms with Crippen LogP contribution in [0.1, 0.15) is 30.5 Å². The highest BCUT2D eigenvalue weighted by Crippen LogP contribution is 2.40. The van der Waals surface area contributed by atoms with Crippen LogP contribution in [0.4, 0.5) is 14.9 Å². The number of urea groups is 1.